The summed E-state index contributed by atoms with van der Waals surface area (Å²) in [5.74, 6) is -0.149. The predicted octanol–water partition coefficient (Wildman–Crippen LogP) is 3.56. The van der Waals surface area contributed by atoms with Crippen molar-refractivity contribution >= 4 is 72.2 Å². The molecule has 0 bridgehead atoms. The molecule has 3 heterocycles. The Morgan fingerprint density at radius 2 is 2.06 bits per heavy atom. The van der Waals surface area contributed by atoms with Gasteiger partial charge in [-0.1, -0.05) is 17.4 Å². The smallest absolute Gasteiger partial charge is 0.252 e. The molecule has 0 N–H and O–H groups in total. The minimum absolute atomic E-state index is 0. The number of aromatic nitrogens is 1. The second kappa shape index (κ2) is 10.9. The van der Waals surface area contributed by atoms with Gasteiger partial charge in [-0.2, -0.15) is 0 Å². The highest BCUT2D eigenvalue weighted by molar-refractivity contribution is 7.90. The summed E-state index contributed by atoms with van der Waals surface area (Å²) < 4.78 is 29.9. The van der Waals surface area contributed by atoms with E-state index in [1.807, 2.05) is 23.6 Å². The first-order chi connectivity index (χ1) is 14.9. The number of amides is 1. The first-order valence-corrected chi connectivity index (χ1v) is 13.4. The van der Waals surface area contributed by atoms with Crippen molar-refractivity contribution in [3.63, 3.8) is 0 Å². The summed E-state index contributed by atoms with van der Waals surface area (Å²) in [6, 6.07) is 8.77. The zero-order valence-electron chi connectivity index (χ0n) is 17.5. The highest BCUT2D eigenvalue weighted by Gasteiger charge is 2.21. The fourth-order valence-corrected chi connectivity index (χ4v) is 5.61. The molecule has 1 amide bonds. The van der Waals surface area contributed by atoms with Crippen LogP contribution in [0.1, 0.15) is 4.88 Å². The zero-order valence-corrected chi connectivity index (χ0v) is 20.7. The maximum absolute atomic E-state index is 13.1. The molecular weight excluding hydrogens is 490 g/mol. The molecule has 7 nitrogen and oxygen atoms in total. The number of carbonyl (C=O) groups is 1. The minimum Gasteiger partial charge on any atom is -0.379 e. The van der Waals surface area contributed by atoms with Gasteiger partial charge in [-0.05, 0) is 35.7 Å². The van der Waals surface area contributed by atoms with E-state index in [2.05, 4.69) is 9.88 Å². The molecule has 172 valence electrons. The number of thiazole rings is 1. The molecule has 0 unspecified atom stereocenters. The van der Waals surface area contributed by atoms with Gasteiger partial charge in [0.25, 0.3) is 5.91 Å². The quantitative estimate of drug-likeness (QED) is 0.449. The fraction of sp³-hybridized carbons (Fsp3) is 0.333. The third-order valence-corrected chi connectivity index (χ3v) is 7.94. The summed E-state index contributed by atoms with van der Waals surface area (Å²) in [5.41, 5.74) is 0.679. The number of halogens is 1. The lowest BCUT2D eigenvalue weighted by molar-refractivity contribution is -0.114. The van der Waals surface area contributed by atoms with Gasteiger partial charge in [0.15, 0.2) is 15.0 Å². The molecular formula is C21H24ClN3O4S3. The van der Waals surface area contributed by atoms with Crippen LogP contribution in [0.15, 0.2) is 46.7 Å². The monoisotopic (exact) mass is 513 g/mol. The first kappa shape index (κ1) is 24.8. The average Bonchev–Trinajstić information content (AvgIpc) is 3.41. The Morgan fingerprint density at radius 1 is 1.28 bits per heavy atom. The van der Waals surface area contributed by atoms with Gasteiger partial charge in [0.2, 0.25) is 0 Å². The number of anilines is 1. The van der Waals surface area contributed by atoms with Crippen molar-refractivity contribution in [2.75, 3.05) is 50.5 Å². The van der Waals surface area contributed by atoms with Gasteiger partial charge in [-0.15, -0.1) is 23.7 Å². The van der Waals surface area contributed by atoms with E-state index in [1.54, 1.807) is 40.5 Å². The van der Waals surface area contributed by atoms with E-state index in [0.717, 1.165) is 22.7 Å². The molecule has 0 atom stereocenters. The molecule has 1 aliphatic heterocycles. The normalized spacial score (nSPS) is 15.2. The Bertz CT molecular complexity index is 1190. The second-order valence-electron chi connectivity index (χ2n) is 7.19. The van der Waals surface area contributed by atoms with Crippen LogP contribution in [-0.2, 0) is 19.4 Å². The summed E-state index contributed by atoms with van der Waals surface area (Å²) in [6.07, 6.45) is 4.56. The van der Waals surface area contributed by atoms with Crippen LogP contribution in [0.25, 0.3) is 16.3 Å². The standard InChI is InChI=1S/C21H23N3O4S3.ClH/c1-31(26,27)17-5-6-18-19(15-17)30-21(22-18)24(9-8-23-10-12-28-13-11-23)20(25)7-4-16-3-2-14-29-16;/h2-7,14-15H,8-13H2,1H3;1H. The van der Waals surface area contributed by atoms with Gasteiger partial charge in [-0.3, -0.25) is 14.6 Å². The van der Waals surface area contributed by atoms with Crippen molar-refractivity contribution in [1.29, 1.82) is 0 Å². The van der Waals surface area contributed by atoms with E-state index in [1.165, 1.54) is 17.6 Å². The summed E-state index contributed by atoms with van der Waals surface area (Å²) in [7, 11) is -3.31. The first-order valence-electron chi connectivity index (χ1n) is 9.84. The Hall–Kier alpha value is -1.82. The van der Waals surface area contributed by atoms with Crippen LogP contribution in [0.2, 0.25) is 0 Å². The third-order valence-electron chi connectivity index (χ3n) is 4.95. The molecule has 0 radical (unpaired) electrons. The van der Waals surface area contributed by atoms with Gasteiger partial charge in [0.05, 0.1) is 28.3 Å². The lowest BCUT2D eigenvalue weighted by atomic mass is 10.3. The van der Waals surface area contributed by atoms with Crippen molar-refractivity contribution in [3.05, 3.63) is 46.7 Å². The van der Waals surface area contributed by atoms with Crippen LogP contribution in [-0.4, -0.2) is 69.9 Å². The van der Waals surface area contributed by atoms with Crippen LogP contribution in [0.3, 0.4) is 0 Å². The van der Waals surface area contributed by atoms with E-state index >= 15 is 0 Å². The average molecular weight is 514 g/mol. The van der Waals surface area contributed by atoms with E-state index < -0.39 is 9.84 Å². The summed E-state index contributed by atoms with van der Waals surface area (Å²) in [4.78, 5) is 22.9. The van der Waals surface area contributed by atoms with Gasteiger partial charge in [0.1, 0.15) is 0 Å². The molecule has 0 saturated carbocycles. The summed E-state index contributed by atoms with van der Waals surface area (Å²) in [6.45, 7) is 4.28. The topological polar surface area (TPSA) is 79.8 Å². The molecule has 4 rings (SSSR count). The molecule has 0 aliphatic carbocycles. The molecule has 1 aliphatic rings. The van der Waals surface area contributed by atoms with Crippen molar-refractivity contribution < 1.29 is 17.9 Å². The maximum Gasteiger partial charge on any atom is 0.252 e. The van der Waals surface area contributed by atoms with Crippen molar-refractivity contribution in [2.24, 2.45) is 0 Å². The number of benzene rings is 1. The highest BCUT2D eigenvalue weighted by atomic mass is 35.5. The number of thiophene rings is 1. The second-order valence-corrected chi connectivity index (χ2v) is 11.2. The van der Waals surface area contributed by atoms with E-state index in [0.29, 0.717) is 37.0 Å². The van der Waals surface area contributed by atoms with E-state index in [-0.39, 0.29) is 23.2 Å². The van der Waals surface area contributed by atoms with Gasteiger partial charge < -0.3 is 4.74 Å². The molecule has 11 heteroatoms. The van der Waals surface area contributed by atoms with Crippen molar-refractivity contribution in [1.82, 2.24) is 9.88 Å². The number of rotatable bonds is 7. The highest BCUT2D eigenvalue weighted by Crippen LogP contribution is 2.31. The number of sulfone groups is 1. The van der Waals surface area contributed by atoms with Gasteiger partial charge in [0, 0.05) is 43.4 Å². The SMILES string of the molecule is CS(=O)(=O)c1ccc2nc(N(CCN3CCOCC3)C(=O)C=Cc3cccs3)sc2c1.Cl. The van der Waals surface area contributed by atoms with Crippen LogP contribution >= 0.6 is 35.1 Å². The van der Waals surface area contributed by atoms with Crippen LogP contribution in [0.5, 0.6) is 0 Å². The number of morpholine rings is 1. The lowest BCUT2D eigenvalue weighted by Crippen LogP contribution is -2.42. The number of carbonyl (C=O) groups excluding carboxylic acids is 1. The van der Waals surface area contributed by atoms with Gasteiger partial charge >= 0.3 is 0 Å². The number of hydrogen-bond acceptors (Lipinski definition) is 8. The Labute approximate surface area is 201 Å². The Balaban J connectivity index is 0.00000289. The van der Waals surface area contributed by atoms with Crippen molar-refractivity contribution in [3.8, 4) is 0 Å². The Kier molecular flexibility index (Phi) is 8.43. The molecule has 1 fully saturated rings. The lowest BCUT2D eigenvalue weighted by Gasteiger charge is -2.28. The number of fused-ring (bicyclic) bond motifs is 1. The van der Waals surface area contributed by atoms with Crippen LogP contribution in [0.4, 0.5) is 5.13 Å². The third kappa shape index (κ3) is 6.15. The number of nitrogens with zero attached hydrogens (tertiary/aromatic N) is 3. The number of hydrogen-bond donors (Lipinski definition) is 0. The molecule has 32 heavy (non-hydrogen) atoms. The largest absolute Gasteiger partial charge is 0.379 e. The van der Waals surface area contributed by atoms with Crippen LogP contribution in [0, 0.1) is 0 Å². The van der Waals surface area contributed by atoms with E-state index in [9.17, 15) is 13.2 Å². The predicted molar refractivity (Wildman–Crippen MR) is 133 cm³/mol. The van der Waals surface area contributed by atoms with Gasteiger partial charge in [-0.25, -0.2) is 13.4 Å². The van der Waals surface area contributed by atoms with Crippen LogP contribution < -0.4 is 4.90 Å². The molecule has 0 spiro atoms. The zero-order chi connectivity index (χ0) is 21.8. The molecule has 1 saturated heterocycles. The maximum atomic E-state index is 13.1. The van der Waals surface area contributed by atoms with Crippen molar-refractivity contribution in [2.45, 2.75) is 4.90 Å². The molecule has 2 aromatic heterocycles. The summed E-state index contributed by atoms with van der Waals surface area (Å²) in [5, 5.41) is 2.53. The minimum atomic E-state index is -3.31. The number of ether oxygens (including phenoxy) is 1. The molecule has 1 aromatic carbocycles. The Morgan fingerprint density at radius 3 is 2.75 bits per heavy atom. The van der Waals surface area contributed by atoms with E-state index in [4.69, 9.17) is 4.74 Å². The summed E-state index contributed by atoms with van der Waals surface area (Å²) >= 11 is 2.90. The fourth-order valence-electron chi connectivity index (χ4n) is 3.23. The molecule has 3 aromatic rings.